The molecule has 0 amide bonds. The Hall–Kier alpha value is -4.14. The van der Waals surface area contributed by atoms with Crippen LogP contribution in [0.25, 0.3) is 28.0 Å². The Kier molecular flexibility index (Phi) is 9.71. The summed E-state index contributed by atoms with van der Waals surface area (Å²) in [6, 6.07) is 15.8. The van der Waals surface area contributed by atoms with Gasteiger partial charge < -0.3 is 19.1 Å². The normalized spacial score (nSPS) is 14.4. The first-order chi connectivity index (χ1) is 21.2. The van der Waals surface area contributed by atoms with Crippen molar-refractivity contribution in [3.8, 4) is 28.1 Å². The number of carbonyl (C=O) groups excluding carboxylic acids is 1. The summed E-state index contributed by atoms with van der Waals surface area (Å²) in [7, 11) is 1.40. The molecule has 1 saturated heterocycles. The number of aryl methyl sites for hydroxylation is 1. The minimum atomic E-state index is -0.319. The average Bonchev–Trinajstić information content (AvgIpc) is 3.45. The lowest BCUT2D eigenvalue weighted by molar-refractivity contribution is -0.139. The van der Waals surface area contributed by atoms with Gasteiger partial charge in [0.1, 0.15) is 11.6 Å². The predicted octanol–water partition coefficient (Wildman–Crippen LogP) is 7.26. The summed E-state index contributed by atoms with van der Waals surface area (Å²) in [5.41, 5.74) is 5.69. The van der Waals surface area contributed by atoms with Crippen molar-refractivity contribution in [1.29, 1.82) is 0 Å². The van der Waals surface area contributed by atoms with Gasteiger partial charge >= 0.3 is 5.97 Å². The minimum absolute atomic E-state index is 0.108. The molecule has 4 aromatic rings. The second kappa shape index (κ2) is 13.7. The topological polar surface area (TPSA) is 78.2 Å². The van der Waals surface area contributed by atoms with Gasteiger partial charge in [-0.1, -0.05) is 42.0 Å². The van der Waals surface area contributed by atoms with Crippen LogP contribution in [0.5, 0.6) is 5.75 Å². The molecule has 1 aliphatic rings. The zero-order chi connectivity index (χ0) is 31.3. The molecule has 0 spiro atoms. The van der Waals surface area contributed by atoms with Gasteiger partial charge in [0.2, 0.25) is 0 Å². The van der Waals surface area contributed by atoms with E-state index in [0.29, 0.717) is 29.6 Å². The standard InChI is InChI=1S/C35H39ClN4O4/c1-6-8-19-43-31-21-27(36)12-13-28(31)25-10-9-11-26(20-25)30-23-32-37-24(3)29(22-33(41)42-5)34(40(32)38-30)39-16-14-35(4,15-17-39)44-18-7-2/h6-7,9-13,20-21,23H,1-2,8,14-19,22H2,3-5H3. The lowest BCUT2D eigenvalue weighted by Crippen LogP contribution is -2.45. The number of anilines is 1. The second-order valence-corrected chi connectivity index (χ2v) is 11.7. The summed E-state index contributed by atoms with van der Waals surface area (Å²) in [6.45, 7) is 14.2. The molecule has 0 aliphatic carbocycles. The second-order valence-electron chi connectivity index (χ2n) is 11.2. The van der Waals surface area contributed by atoms with Crippen LogP contribution in [0.3, 0.4) is 0 Å². The van der Waals surface area contributed by atoms with E-state index >= 15 is 0 Å². The van der Waals surface area contributed by atoms with Gasteiger partial charge in [-0.3, -0.25) is 4.79 Å². The monoisotopic (exact) mass is 614 g/mol. The number of ether oxygens (including phenoxy) is 3. The number of methoxy groups -OCH3 is 1. The van der Waals surface area contributed by atoms with Crippen molar-refractivity contribution in [3.05, 3.63) is 90.1 Å². The number of hydrogen-bond acceptors (Lipinski definition) is 7. The van der Waals surface area contributed by atoms with E-state index in [-0.39, 0.29) is 18.0 Å². The summed E-state index contributed by atoms with van der Waals surface area (Å²) in [4.78, 5) is 19.7. The Morgan fingerprint density at radius 1 is 1.09 bits per heavy atom. The van der Waals surface area contributed by atoms with E-state index in [9.17, 15) is 4.79 Å². The van der Waals surface area contributed by atoms with E-state index < -0.39 is 0 Å². The zero-order valence-electron chi connectivity index (χ0n) is 25.6. The lowest BCUT2D eigenvalue weighted by Gasteiger charge is -2.40. The molecular formula is C35H39ClN4O4. The fourth-order valence-corrected chi connectivity index (χ4v) is 5.74. The summed E-state index contributed by atoms with van der Waals surface area (Å²) in [5.74, 6) is 1.26. The van der Waals surface area contributed by atoms with Crippen LogP contribution in [0.1, 0.15) is 37.4 Å². The number of rotatable bonds is 12. The van der Waals surface area contributed by atoms with Crippen molar-refractivity contribution in [2.24, 2.45) is 0 Å². The van der Waals surface area contributed by atoms with Crippen LogP contribution in [0.2, 0.25) is 5.02 Å². The van der Waals surface area contributed by atoms with Crippen LogP contribution in [0.4, 0.5) is 5.82 Å². The Labute approximate surface area is 263 Å². The van der Waals surface area contributed by atoms with Gasteiger partial charge in [0, 0.05) is 46.6 Å². The Bertz CT molecular complexity index is 1670. The molecule has 44 heavy (non-hydrogen) atoms. The number of aromatic nitrogens is 3. The number of hydrogen-bond donors (Lipinski definition) is 0. The van der Waals surface area contributed by atoms with E-state index in [2.05, 4.69) is 31.0 Å². The van der Waals surface area contributed by atoms with E-state index in [1.165, 1.54) is 7.11 Å². The van der Waals surface area contributed by atoms with Crippen molar-refractivity contribution < 1.29 is 19.0 Å². The summed E-state index contributed by atoms with van der Waals surface area (Å²) in [6.07, 6.45) is 6.11. The van der Waals surface area contributed by atoms with E-state index in [1.807, 2.05) is 60.0 Å². The molecule has 0 atom stereocenters. The number of esters is 1. The molecule has 0 radical (unpaired) electrons. The van der Waals surface area contributed by atoms with Crippen molar-refractivity contribution in [2.45, 2.75) is 45.1 Å². The molecule has 8 nitrogen and oxygen atoms in total. The maximum atomic E-state index is 12.5. The smallest absolute Gasteiger partial charge is 0.310 e. The zero-order valence-corrected chi connectivity index (χ0v) is 26.4. The molecule has 0 saturated carbocycles. The first kappa shape index (κ1) is 31.3. The van der Waals surface area contributed by atoms with Gasteiger partial charge in [-0.15, -0.1) is 13.2 Å². The molecule has 0 N–H and O–H groups in total. The predicted molar refractivity (Wildman–Crippen MR) is 176 cm³/mol. The number of nitrogens with zero attached hydrogens (tertiary/aromatic N) is 4. The van der Waals surface area contributed by atoms with Gasteiger partial charge in [-0.25, -0.2) is 4.98 Å². The van der Waals surface area contributed by atoms with Crippen molar-refractivity contribution >= 4 is 29.0 Å². The third-order valence-electron chi connectivity index (χ3n) is 8.09. The first-order valence-corrected chi connectivity index (χ1v) is 15.2. The van der Waals surface area contributed by atoms with Crippen LogP contribution >= 0.6 is 11.6 Å². The van der Waals surface area contributed by atoms with Gasteiger partial charge in [0.25, 0.3) is 0 Å². The summed E-state index contributed by atoms with van der Waals surface area (Å²) >= 11 is 6.31. The molecule has 3 heterocycles. The Balaban J connectivity index is 1.55. The largest absolute Gasteiger partial charge is 0.493 e. The van der Waals surface area contributed by atoms with Crippen molar-refractivity contribution in [3.63, 3.8) is 0 Å². The van der Waals surface area contributed by atoms with Crippen molar-refractivity contribution in [2.75, 3.05) is 38.3 Å². The van der Waals surface area contributed by atoms with Crippen LogP contribution in [-0.2, 0) is 20.7 Å². The van der Waals surface area contributed by atoms with E-state index in [0.717, 1.165) is 71.8 Å². The molecule has 2 aromatic carbocycles. The van der Waals surface area contributed by atoms with Crippen LogP contribution in [0, 0.1) is 6.92 Å². The van der Waals surface area contributed by atoms with Crippen LogP contribution in [-0.4, -0.2) is 59.6 Å². The summed E-state index contributed by atoms with van der Waals surface area (Å²) in [5, 5.41) is 5.68. The van der Waals surface area contributed by atoms with Gasteiger partial charge in [-0.05, 0) is 62.9 Å². The van der Waals surface area contributed by atoms with Crippen LogP contribution in [0.15, 0.2) is 73.8 Å². The third kappa shape index (κ3) is 6.82. The molecule has 9 heteroatoms. The maximum absolute atomic E-state index is 12.5. The van der Waals surface area contributed by atoms with Gasteiger partial charge in [0.05, 0.1) is 38.0 Å². The van der Waals surface area contributed by atoms with Gasteiger partial charge in [-0.2, -0.15) is 9.61 Å². The number of piperidine rings is 1. The first-order valence-electron chi connectivity index (χ1n) is 14.8. The molecule has 1 fully saturated rings. The number of halogens is 1. The molecule has 0 bridgehead atoms. The molecule has 5 rings (SSSR count). The fourth-order valence-electron chi connectivity index (χ4n) is 5.57. The van der Waals surface area contributed by atoms with E-state index in [1.54, 1.807) is 6.08 Å². The minimum Gasteiger partial charge on any atom is -0.493 e. The quantitative estimate of drug-likeness (QED) is 0.0944. The highest BCUT2D eigenvalue weighted by molar-refractivity contribution is 6.30. The molecule has 1 aliphatic heterocycles. The lowest BCUT2D eigenvalue weighted by atomic mass is 9.93. The fraction of sp³-hybridized carbons (Fsp3) is 0.343. The highest BCUT2D eigenvalue weighted by Crippen LogP contribution is 2.36. The van der Waals surface area contributed by atoms with Gasteiger partial charge in [0.15, 0.2) is 5.65 Å². The summed E-state index contributed by atoms with van der Waals surface area (Å²) < 4.78 is 19.1. The molecule has 2 aromatic heterocycles. The van der Waals surface area contributed by atoms with Crippen LogP contribution < -0.4 is 9.64 Å². The van der Waals surface area contributed by atoms with Crippen molar-refractivity contribution in [1.82, 2.24) is 14.6 Å². The SMILES string of the molecule is C=CCCOc1cc(Cl)ccc1-c1cccc(-c2cc3nc(C)c(CC(=O)OC)c(N4CCC(C)(OCC=C)CC4)n3n2)c1. The average molecular weight is 615 g/mol. The Morgan fingerprint density at radius 2 is 1.86 bits per heavy atom. The number of fused-ring (bicyclic) bond motifs is 1. The molecule has 0 unspecified atom stereocenters. The highest BCUT2D eigenvalue weighted by atomic mass is 35.5. The number of carbonyl (C=O) groups is 1. The Morgan fingerprint density at radius 3 is 2.59 bits per heavy atom. The molecule has 230 valence electrons. The molecular weight excluding hydrogens is 576 g/mol. The highest BCUT2D eigenvalue weighted by Gasteiger charge is 2.33. The van der Waals surface area contributed by atoms with E-state index in [4.69, 9.17) is 35.9 Å². The number of benzene rings is 2. The third-order valence-corrected chi connectivity index (χ3v) is 8.33. The maximum Gasteiger partial charge on any atom is 0.310 e.